The molecular weight excluding hydrogens is 305 g/mol. The molecule has 0 radical (unpaired) electrons. The van der Waals surface area contributed by atoms with E-state index in [0.29, 0.717) is 15.7 Å². The number of benzene rings is 1. The number of hydrogen-bond acceptors (Lipinski definition) is 4. The molecule has 4 nitrogen and oxygen atoms in total. The Kier molecular flexibility index (Phi) is 3.83. The topological polar surface area (TPSA) is 54.9 Å². The van der Waals surface area contributed by atoms with Gasteiger partial charge in [-0.15, -0.1) is 10.2 Å². The van der Waals surface area contributed by atoms with Crippen LogP contribution in [0.4, 0.5) is 5.69 Å². The highest BCUT2D eigenvalue weighted by Crippen LogP contribution is 2.25. The summed E-state index contributed by atoms with van der Waals surface area (Å²) < 4.78 is 0.212. The maximum atomic E-state index is 11.7. The Bertz CT molecular complexity index is 572. The molecule has 0 aliphatic rings. The van der Waals surface area contributed by atoms with Crippen molar-refractivity contribution < 1.29 is 4.79 Å². The maximum Gasteiger partial charge on any atom is 0.286 e. The molecule has 1 N–H and O–H groups in total. The third-order valence-electron chi connectivity index (χ3n) is 1.77. The van der Waals surface area contributed by atoms with Crippen molar-refractivity contribution >= 4 is 57.7 Å². The van der Waals surface area contributed by atoms with Crippen molar-refractivity contribution in [2.45, 2.75) is 0 Å². The number of nitrogens with one attached hydrogen (secondary N) is 1. The minimum Gasteiger partial charge on any atom is -0.320 e. The molecule has 0 spiro atoms. The van der Waals surface area contributed by atoms with Crippen molar-refractivity contribution in [3.63, 3.8) is 0 Å². The van der Waals surface area contributed by atoms with Crippen molar-refractivity contribution in [1.82, 2.24) is 10.2 Å². The molecule has 0 atom stereocenters. The van der Waals surface area contributed by atoms with E-state index in [1.54, 1.807) is 18.2 Å². The number of aromatic nitrogens is 2. The Morgan fingerprint density at radius 1 is 1.18 bits per heavy atom. The lowest BCUT2D eigenvalue weighted by molar-refractivity contribution is 0.102. The zero-order valence-electron chi connectivity index (χ0n) is 8.08. The van der Waals surface area contributed by atoms with E-state index < -0.39 is 5.91 Å². The summed E-state index contributed by atoms with van der Waals surface area (Å²) in [4.78, 5) is 11.7. The van der Waals surface area contributed by atoms with Gasteiger partial charge in [-0.1, -0.05) is 34.5 Å². The summed E-state index contributed by atoms with van der Waals surface area (Å²) in [5, 5.41) is 10.7. The van der Waals surface area contributed by atoms with Gasteiger partial charge in [-0.05, 0) is 29.8 Å². The molecule has 1 aromatic carbocycles. The number of carbonyl (C=O) groups excluding carboxylic acids is 1. The molecular formula is C9H4Cl3N3OS. The predicted molar refractivity (Wildman–Crippen MR) is 69.3 cm³/mol. The molecule has 17 heavy (non-hydrogen) atoms. The van der Waals surface area contributed by atoms with E-state index in [1.165, 1.54) is 0 Å². The van der Waals surface area contributed by atoms with E-state index in [1.807, 2.05) is 0 Å². The van der Waals surface area contributed by atoms with E-state index in [0.717, 1.165) is 11.3 Å². The lowest BCUT2D eigenvalue weighted by atomic mass is 10.3. The molecule has 0 aliphatic carbocycles. The fraction of sp³-hybridized carbons (Fsp3) is 0. The van der Waals surface area contributed by atoms with E-state index >= 15 is 0 Å². The molecule has 0 aliphatic heterocycles. The van der Waals surface area contributed by atoms with Crippen molar-refractivity contribution in [1.29, 1.82) is 0 Å². The number of hydrogen-bond donors (Lipinski definition) is 1. The highest BCUT2D eigenvalue weighted by atomic mass is 35.5. The second kappa shape index (κ2) is 5.18. The van der Waals surface area contributed by atoms with Crippen molar-refractivity contribution in [2.75, 3.05) is 5.32 Å². The summed E-state index contributed by atoms with van der Waals surface area (Å²) in [6, 6.07) is 4.77. The van der Waals surface area contributed by atoms with Gasteiger partial charge < -0.3 is 5.32 Å². The molecule has 0 saturated heterocycles. The van der Waals surface area contributed by atoms with Gasteiger partial charge in [0.1, 0.15) is 0 Å². The quantitative estimate of drug-likeness (QED) is 0.919. The molecule has 8 heteroatoms. The number of nitrogens with zero attached hydrogens (tertiary/aromatic N) is 2. The summed E-state index contributed by atoms with van der Waals surface area (Å²) >= 11 is 18.1. The highest BCUT2D eigenvalue weighted by Gasteiger charge is 2.12. The summed E-state index contributed by atoms with van der Waals surface area (Å²) in [5.41, 5.74) is 0.524. The molecule has 1 amide bonds. The van der Waals surface area contributed by atoms with Crippen molar-refractivity contribution in [3.05, 3.63) is 37.7 Å². The van der Waals surface area contributed by atoms with Crippen LogP contribution in [0, 0.1) is 0 Å². The van der Waals surface area contributed by atoms with Gasteiger partial charge in [-0.25, -0.2) is 0 Å². The molecule has 2 rings (SSSR count). The highest BCUT2D eigenvalue weighted by molar-refractivity contribution is 7.17. The zero-order chi connectivity index (χ0) is 12.4. The van der Waals surface area contributed by atoms with Crippen LogP contribution in [-0.2, 0) is 0 Å². The van der Waals surface area contributed by atoms with Crippen LogP contribution in [0.2, 0.25) is 14.5 Å². The molecule has 1 aromatic heterocycles. The summed E-state index contributed by atoms with van der Waals surface area (Å²) in [6.45, 7) is 0. The van der Waals surface area contributed by atoms with E-state index in [-0.39, 0.29) is 9.47 Å². The SMILES string of the molecule is O=C(Nc1ccc(Cl)c(Cl)c1)c1nnc(Cl)s1. The first-order valence-corrected chi connectivity index (χ1v) is 6.26. The molecule has 0 saturated carbocycles. The summed E-state index contributed by atoms with van der Waals surface area (Å²) in [6.07, 6.45) is 0. The standard InChI is InChI=1S/C9H4Cl3N3OS/c10-5-2-1-4(3-6(5)11)13-7(16)8-14-15-9(12)17-8/h1-3H,(H,13,16). The number of anilines is 1. The van der Waals surface area contributed by atoms with Gasteiger partial charge in [0.15, 0.2) is 0 Å². The smallest absolute Gasteiger partial charge is 0.286 e. The number of amides is 1. The van der Waals surface area contributed by atoms with Crippen LogP contribution < -0.4 is 5.32 Å². The minimum absolute atomic E-state index is 0.182. The number of halogens is 3. The fourth-order valence-corrected chi connectivity index (χ4v) is 2.08. The van der Waals surface area contributed by atoms with Crippen LogP contribution in [0.15, 0.2) is 18.2 Å². The van der Waals surface area contributed by atoms with Gasteiger partial charge in [0.25, 0.3) is 5.91 Å². The van der Waals surface area contributed by atoms with E-state index in [2.05, 4.69) is 15.5 Å². The Labute approximate surface area is 116 Å². The Morgan fingerprint density at radius 3 is 2.53 bits per heavy atom. The average Bonchev–Trinajstić information content (AvgIpc) is 2.70. The molecule has 2 aromatic rings. The molecule has 0 unspecified atom stereocenters. The van der Waals surface area contributed by atoms with Crippen LogP contribution in [-0.4, -0.2) is 16.1 Å². The number of carbonyl (C=O) groups is 1. The predicted octanol–water partition coefficient (Wildman–Crippen LogP) is 3.75. The van der Waals surface area contributed by atoms with Gasteiger partial charge in [0.05, 0.1) is 10.0 Å². The average molecular weight is 309 g/mol. The molecule has 0 bridgehead atoms. The van der Waals surface area contributed by atoms with Gasteiger partial charge in [-0.2, -0.15) is 0 Å². The van der Waals surface area contributed by atoms with Crippen molar-refractivity contribution in [2.24, 2.45) is 0 Å². The van der Waals surface area contributed by atoms with E-state index in [9.17, 15) is 4.79 Å². The van der Waals surface area contributed by atoms with Gasteiger partial charge in [0.2, 0.25) is 9.47 Å². The summed E-state index contributed by atoms with van der Waals surface area (Å²) in [5.74, 6) is -0.396. The first-order valence-electron chi connectivity index (χ1n) is 4.31. The van der Waals surface area contributed by atoms with Gasteiger partial charge >= 0.3 is 0 Å². The molecule has 0 fully saturated rings. The van der Waals surface area contributed by atoms with Gasteiger partial charge in [0, 0.05) is 5.69 Å². The van der Waals surface area contributed by atoms with Gasteiger partial charge in [-0.3, -0.25) is 4.79 Å². The second-order valence-electron chi connectivity index (χ2n) is 2.94. The molecule has 88 valence electrons. The Balaban J connectivity index is 2.15. The van der Waals surface area contributed by atoms with Crippen LogP contribution in [0.3, 0.4) is 0 Å². The first-order chi connectivity index (χ1) is 8.06. The zero-order valence-corrected chi connectivity index (χ0v) is 11.2. The van der Waals surface area contributed by atoms with Crippen LogP contribution in [0.1, 0.15) is 9.80 Å². The first kappa shape index (κ1) is 12.6. The van der Waals surface area contributed by atoms with Crippen molar-refractivity contribution in [3.8, 4) is 0 Å². The summed E-state index contributed by atoms with van der Waals surface area (Å²) in [7, 11) is 0. The molecule has 1 heterocycles. The van der Waals surface area contributed by atoms with E-state index in [4.69, 9.17) is 34.8 Å². The third kappa shape index (κ3) is 3.07. The second-order valence-corrected chi connectivity index (χ2v) is 5.32. The third-order valence-corrected chi connectivity index (χ3v) is 3.53. The Hall–Kier alpha value is -0.880. The fourth-order valence-electron chi connectivity index (χ4n) is 1.06. The largest absolute Gasteiger partial charge is 0.320 e. The lowest BCUT2D eigenvalue weighted by Gasteiger charge is -2.03. The minimum atomic E-state index is -0.396. The normalized spacial score (nSPS) is 10.3. The van der Waals surface area contributed by atoms with Crippen LogP contribution in [0.25, 0.3) is 0 Å². The number of rotatable bonds is 2. The monoisotopic (exact) mass is 307 g/mol. The van der Waals surface area contributed by atoms with Crippen LogP contribution in [0.5, 0.6) is 0 Å². The van der Waals surface area contributed by atoms with Crippen LogP contribution >= 0.6 is 46.1 Å². The lowest BCUT2D eigenvalue weighted by Crippen LogP contribution is -2.11. The maximum absolute atomic E-state index is 11.7. The Morgan fingerprint density at radius 2 is 1.94 bits per heavy atom.